The highest BCUT2D eigenvalue weighted by atomic mass is 16.6. The topological polar surface area (TPSA) is 50.8 Å². The number of amides is 1. The van der Waals surface area contributed by atoms with Crippen molar-refractivity contribution in [2.24, 2.45) is 0 Å². The number of piperidine rings is 1. The minimum Gasteiger partial charge on any atom is -0.489 e. The van der Waals surface area contributed by atoms with Crippen LogP contribution in [0.15, 0.2) is 109 Å². The number of nitrogens with one attached hydrogen (secondary N) is 1. The number of ether oxygens (including phenoxy) is 2. The van der Waals surface area contributed by atoms with Gasteiger partial charge in [0.05, 0.1) is 5.69 Å². The molecule has 0 bridgehead atoms. The molecule has 1 fully saturated rings. The van der Waals surface area contributed by atoms with Gasteiger partial charge in [0.25, 0.3) is 0 Å². The van der Waals surface area contributed by atoms with Crippen LogP contribution in [-0.4, -0.2) is 36.7 Å². The summed E-state index contributed by atoms with van der Waals surface area (Å²) in [6, 6.07) is 36.5. The van der Waals surface area contributed by atoms with Crippen molar-refractivity contribution in [2.75, 3.05) is 25.0 Å². The molecule has 0 unspecified atom stereocenters. The lowest BCUT2D eigenvalue weighted by Gasteiger charge is -2.31. The molecule has 0 saturated carbocycles. The summed E-state index contributed by atoms with van der Waals surface area (Å²) in [5, 5.41) is 2.95. The molecular weight excluding hydrogens is 472 g/mol. The second-order valence-corrected chi connectivity index (χ2v) is 9.65. The van der Waals surface area contributed by atoms with Gasteiger partial charge in [0.15, 0.2) is 0 Å². The Kier molecular flexibility index (Phi) is 8.69. The molecule has 1 aliphatic heterocycles. The maximum Gasteiger partial charge on any atom is 0.411 e. The molecule has 4 aromatic rings. The molecule has 1 N–H and O–H groups in total. The van der Waals surface area contributed by atoms with Crippen LogP contribution in [0.5, 0.6) is 5.75 Å². The summed E-state index contributed by atoms with van der Waals surface area (Å²) >= 11 is 0. The van der Waals surface area contributed by atoms with Crippen LogP contribution in [-0.2, 0) is 17.8 Å². The fourth-order valence-corrected chi connectivity index (χ4v) is 4.78. The van der Waals surface area contributed by atoms with Gasteiger partial charge in [-0.1, -0.05) is 91.0 Å². The number of carbonyl (C=O) groups is 1. The van der Waals surface area contributed by atoms with E-state index in [9.17, 15) is 4.79 Å². The minimum absolute atomic E-state index is 0.0591. The van der Waals surface area contributed by atoms with Crippen molar-refractivity contribution in [1.29, 1.82) is 0 Å². The Hall–Kier alpha value is -4.09. The average Bonchev–Trinajstić information content (AvgIpc) is 2.97. The van der Waals surface area contributed by atoms with Crippen LogP contribution in [0.2, 0.25) is 0 Å². The van der Waals surface area contributed by atoms with E-state index < -0.39 is 0 Å². The zero-order valence-corrected chi connectivity index (χ0v) is 21.6. The standard InChI is InChI=1S/C33H34N2O3/c36-33(34-32-14-8-7-13-31(32)28-11-5-2-6-12-28)38-30-20-23-35(24-21-30)22-19-26-15-17-29(18-16-26)37-25-27-9-3-1-4-10-27/h1-18,30H,19-25H2,(H,34,36). The Balaban J connectivity index is 1.03. The van der Waals surface area contributed by atoms with Gasteiger partial charge in [-0.3, -0.25) is 5.32 Å². The predicted octanol–water partition coefficient (Wildman–Crippen LogP) is 7.19. The van der Waals surface area contributed by atoms with Gasteiger partial charge in [0, 0.05) is 25.2 Å². The fraction of sp³-hybridized carbons (Fsp3) is 0.242. The lowest BCUT2D eigenvalue weighted by molar-refractivity contribution is 0.0593. The Bertz CT molecular complexity index is 1280. The first-order valence-corrected chi connectivity index (χ1v) is 13.3. The number of likely N-dealkylation sites (tertiary alicyclic amines) is 1. The third-order valence-corrected chi connectivity index (χ3v) is 6.95. The van der Waals surface area contributed by atoms with Gasteiger partial charge in [-0.05, 0) is 54.2 Å². The summed E-state index contributed by atoms with van der Waals surface area (Å²) in [5.41, 5.74) is 5.27. The Morgan fingerprint density at radius 1 is 0.763 bits per heavy atom. The summed E-state index contributed by atoms with van der Waals surface area (Å²) in [5.74, 6) is 0.889. The van der Waals surface area contributed by atoms with E-state index in [0.29, 0.717) is 6.61 Å². The highest BCUT2D eigenvalue weighted by Crippen LogP contribution is 2.28. The molecule has 0 spiro atoms. The van der Waals surface area contributed by atoms with Crippen LogP contribution in [0.25, 0.3) is 11.1 Å². The molecule has 194 valence electrons. The van der Waals surface area contributed by atoms with Gasteiger partial charge < -0.3 is 14.4 Å². The summed E-state index contributed by atoms with van der Waals surface area (Å²) in [4.78, 5) is 15.1. The largest absolute Gasteiger partial charge is 0.489 e. The highest BCUT2D eigenvalue weighted by molar-refractivity contribution is 5.91. The average molecular weight is 507 g/mol. The van der Waals surface area contributed by atoms with Gasteiger partial charge in [0.1, 0.15) is 18.5 Å². The molecule has 0 aliphatic carbocycles. The first-order chi connectivity index (χ1) is 18.7. The molecule has 5 heteroatoms. The van der Waals surface area contributed by atoms with Crippen LogP contribution < -0.4 is 10.1 Å². The molecule has 5 rings (SSSR count). The van der Waals surface area contributed by atoms with Gasteiger partial charge in [-0.15, -0.1) is 0 Å². The molecule has 1 saturated heterocycles. The van der Waals surface area contributed by atoms with Crippen LogP contribution in [0.3, 0.4) is 0 Å². The van der Waals surface area contributed by atoms with Crippen molar-refractivity contribution in [3.63, 3.8) is 0 Å². The quantitative estimate of drug-likeness (QED) is 0.261. The van der Waals surface area contributed by atoms with Crippen LogP contribution in [0, 0.1) is 0 Å². The van der Waals surface area contributed by atoms with E-state index in [-0.39, 0.29) is 12.2 Å². The predicted molar refractivity (Wildman–Crippen MR) is 152 cm³/mol. The van der Waals surface area contributed by atoms with Crippen LogP contribution in [0.4, 0.5) is 10.5 Å². The number of hydrogen-bond donors (Lipinski definition) is 1. The molecular formula is C33H34N2O3. The van der Waals surface area contributed by atoms with Crippen molar-refractivity contribution in [1.82, 2.24) is 4.90 Å². The van der Waals surface area contributed by atoms with E-state index in [2.05, 4.69) is 34.5 Å². The summed E-state index contributed by atoms with van der Waals surface area (Å²) in [6.07, 6.45) is 2.24. The monoisotopic (exact) mass is 506 g/mol. The van der Waals surface area contributed by atoms with Crippen LogP contribution in [0.1, 0.15) is 24.0 Å². The van der Waals surface area contributed by atoms with Crippen molar-refractivity contribution in [2.45, 2.75) is 32.0 Å². The number of anilines is 1. The van der Waals surface area contributed by atoms with Gasteiger partial charge in [-0.25, -0.2) is 4.79 Å². The first kappa shape index (κ1) is 25.6. The van der Waals surface area contributed by atoms with E-state index in [4.69, 9.17) is 9.47 Å². The smallest absolute Gasteiger partial charge is 0.411 e. The van der Waals surface area contributed by atoms with E-state index in [0.717, 1.165) is 61.5 Å². The van der Waals surface area contributed by atoms with Crippen molar-refractivity contribution in [3.8, 4) is 16.9 Å². The molecule has 38 heavy (non-hydrogen) atoms. The normalized spacial score (nSPS) is 14.1. The lowest BCUT2D eigenvalue weighted by Crippen LogP contribution is -2.39. The molecule has 1 aliphatic rings. The third kappa shape index (κ3) is 7.24. The molecule has 5 nitrogen and oxygen atoms in total. The molecule has 4 aromatic carbocycles. The molecule has 1 heterocycles. The summed E-state index contributed by atoms with van der Waals surface area (Å²) in [7, 11) is 0. The number of para-hydroxylation sites is 1. The number of hydrogen-bond acceptors (Lipinski definition) is 4. The Morgan fingerprint density at radius 3 is 2.16 bits per heavy atom. The SMILES string of the molecule is O=C(Nc1ccccc1-c1ccccc1)OC1CCN(CCc2ccc(OCc3ccccc3)cc2)CC1. The molecule has 0 radical (unpaired) electrons. The maximum atomic E-state index is 12.7. The molecule has 0 atom stereocenters. The van der Waals surface area contributed by atoms with Gasteiger partial charge in [-0.2, -0.15) is 0 Å². The van der Waals surface area contributed by atoms with E-state index >= 15 is 0 Å². The molecule has 1 amide bonds. The second kappa shape index (κ2) is 12.9. The molecule has 0 aromatic heterocycles. The zero-order valence-electron chi connectivity index (χ0n) is 21.6. The Morgan fingerprint density at radius 2 is 1.42 bits per heavy atom. The third-order valence-electron chi connectivity index (χ3n) is 6.95. The lowest BCUT2D eigenvalue weighted by atomic mass is 10.0. The number of rotatable bonds is 9. The van der Waals surface area contributed by atoms with Gasteiger partial charge in [0.2, 0.25) is 0 Å². The van der Waals surface area contributed by atoms with Crippen molar-refractivity contribution < 1.29 is 14.3 Å². The zero-order chi connectivity index (χ0) is 26.0. The Labute approximate surface area is 225 Å². The highest BCUT2D eigenvalue weighted by Gasteiger charge is 2.22. The van der Waals surface area contributed by atoms with E-state index in [1.165, 1.54) is 11.1 Å². The number of nitrogens with zero attached hydrogens (tertiary/aromatic N) is 1. The summed E-state index contributed by atoms with van der Waals surface area (Å²) < 4.78 is 11.7. The van der Waals surface area contributed by atoms with Crippen molar-refractivity contribution in [3.05, 3.63) is 120 Å². The van der Waals surface area contributed by atoms with Gasteiger partial charge >= 0.3 is 6.09 Å². The number of benzene rings is 4. The first-order valence-electron chi connectivity index (χ1n) is 13.3. The van der Waals surface area contributed by atoms with E-state index in [1.807, 2.05) is 84.9 Å². The van der Waals surface area contributed by atoms with E-state index in [1.54, 1.807) is 0 Å². The fourth-order valence-electron chi connectivity index (χ4n) is 4.78. The van der Waals surface area contributed by atoms with Crippen molar-refractivity contribution >= 4 is 11.8 Å². The van der Waals surface area contributed by atoms with Crippen LogP contribution >= 0.6 is 0 Å². The maximum absolute atomic E-state index is 12.7. The summed E-state index contributed by atoms with van der Waals surface area (Å²) in [6.45, 7) is 3.43. The minimum atomic E-state index is -0.388. The number of carbonyl (C=O) groups excluding carboxylic acids is 1. The second-order valence-electron chi connectivity index (χ2n) is 9.65.